The molecule has 0 atom stereocenters. The summed E-state index contributed by atoms with van der Waals surface area (Å²) in [5, 5.41) is 0. The highest BCUT2D eigenvalue weighted by Crippen LogP contribution is 2.22. The van der Waals surface area contributed by atoms with Gasteiger partial charge in [0, 0.05) is 18.5 Å². The molecule has 0 bridgehead atoms. The van der Waals surface area contributed by atoms with Crippen LogP contribution in [0.5, 0.6) is 5.75 Å². The van der Waals surface area contributed by atoms with Crippen molar-refractivity contribution in [1.29, 1.82) is 0 Å². The van der Waals surface area contributed by atoms with Gasteiger partial charge < -0.3 is 9.64 Å². The van der Waals surface area contributed by atoms with Crippen LogP contribution in [0.1, 0.15) is 10.4 Å². The Morgan fingerprint density at radius 2 is 1.96 bits per heavy atom. The molecule has 1 aromatic carbocycles. The van der Waals surface area contributed by atoms with E-state index in [2.05, 4.69) is 0 Å². The zero-order valence-electron chi connectivity index (χ0n) is 14.3. The van der Waals surface area contributed by atoms with Crippen molar-refractivity contribution in [2.24, 2.45) is 0 Å². The van der Waals surface area contributed by atoms with E-state index in [0.29, 0.717) is 26.2 Å². The number of aryl methyl sites for hydroxylation is 1. The van der Waals surface area contributed by atoms with Crippen LogP contribution >= 0.6 is 22.9 Å². The van der Waals surface area contributed by atoms with Gasteiger partial charge in [-0.25, -0.2) is 0 Å². The van der Waals surface area contributed by atoms with Gasteiger partial charge in [-0.05, 0) is 37.7 Å². The van der Waals surface area contributed by atoms with Gasteiger partial charge in [-0.2, -0.15) is 0 Å². The summed E-state index contributed by atoms with van der Waals surface area (Å²) in [6, 6.07) is 11.7. The predicted octanol–water partition coefficient (Wildman–Crippen LogP) is 3.68. The largest absolute Gasteiger partial charge is 0.492 e. The summed E-state index contributed by atoms with van der Waals surface area (Å²) in [5.74, 6) is 0.974. The fraction of sp³-hybridized carbons (Fsp3) is 0.389. The maximum Gasteiger partial charge on any atom is 0.236 e. The Labute approximate surface area is 152 Å². The van der Waals surface area contributed by atoms with E-state index in [1.165, 1.54) is 11.3 Å². The van der Waals surface area contributed by atoms with Crippen LogP contribution in [0.15, 0.2) is 36.4 Å². The number of rotatable bonds is 8. The number of halogens is 1. The average Bonchev–Trinajstić information content (AvgIpc) is 2.94. The fourth-order valence-electron chi connectivity index (χ4n) is 2.22. The first kappa shape index (κ1) is 18.8. The predicted molar refractivity (Wildman–Crippen MR) is 100.0 cm³/mol. The fourth-order valence-corrected chi connectivity index (χ4v) is 3.36. The summed E-state index contributed by atoms with van der Waals surface area (Å²) in [4.78, 5) is 17.0. The van der Waals surface area contributed by atoms with E-state index in [0.717, 1.165) is 20.5 Å². The van der Waals surface area contributed by atoms with E-state index in [1.807, 2.05) is 62.3 Å². The SMILES string of the molecule is Cc1ccccc1OCCN(C)CC(=O)N(C)Cc1ccc(Cl)s1. The Bertz CT molecular complexity index is 675. The lowest BCUT2D eigenvalue weighted by Crippen LogP contribution is -2.37. The van der Waals surface area contributed by atoms with E-state index < -0.39 is 0 Å². The number of ether oxygens (including phenoxy) is 1. The van der Waals surface area contributed by atoms with E-state index >= 15 is 0 Å². The summed E-state index contributed by atoms with van der Waals surface area (Å²) in [5.41, 5.74) is 1.12. The molecule has 0 N–H and O–H groups in total. The molecule has 2 aromatic rings. The van der Waals surface area contributed by atoms with Crippen LogP contribution in [0.2, 0.25) is 4.34 Å². The minimum atomic E-state index is 0.0814. The van der Waals surface area contributed by atoms with Crippen LogP contribution < -0.4 is 4.74 Å². The van der Waals surface area contributed by atoms with Crippen LogP contribution in [0.3, 0.4) is 0 Å². The smallest absolute Gasteiger partial charge is 0.236 e. The number of hydrogen-bond acceptors (Lipinski definition) is 4. The molecule has 2 rings (SSSR count). The molecule has 0 aliphatic heterocycles. The van der Waals surface area contributed by atoms with Crippen molar-refractivity contribution in [2.45, 2.75) is 13.5 Å². The first-order chi connectivity index (χ1) is 11.5. The number of hydrogen-bond donors (Lipinski definition) is 0. The molecule has 0 saturated heterocycles. The lowest BCUT2D eigenvalue weighted by atomic mass is 10.2. The van der Waals surface area contributed by atoms with Crippen molar-refractivity contribution in [3.05, 3.63) is 51.2 Å². The van der Waals surface area contributed by atoms with Gasteiger partial charge in [0.25, 0.3) is 0 Å². The van der Waals surface area contributed by atoms with Gasteiger partial charge in [0.05, 0.1) is 17.4 Å². The maximum absolute atomic E-state index is 12.3. The number of likely N-dealkylation sites (N-methyl/N-ethyl adjacent to an activating group) is 2. The van der Waals surface area contributed by atoms with Gasteiger partial charge in [-0.1, -0.05) is 29.8 Å². The number of carbonyl (C=O) groups is 1. The zero-order chi connectivity index (χ0) is 17.5. The molecule has 0 fully saturated rings. The molecule has 1 aromatic heterocycles. The number of thiophene rings is 1. The number of carbonyl (C=O) groups excluding carboxylic acids is 1. The highest BCUT2D eigenvalue weighted by molar-refractivity contribution is 7.16. The number of benzene rings is 1. The number of amides is 1. The van der Waals surface area contributed by atoms with E-state index in [9.17, 15) is 4.79 Å². The Balaban J connectivity index is 1.72. The third-order valence-corrected chi connectivity index (χ3v) is 4.89. The molecular weight excluding hydrogens is 344 g/mol. The lowest BCUT2D eigenvalue weighted by Gasteiger charge is -2.21. The Hall–Kier alpha value is -1.56. The molecule has 0 aliphatic carbocycles. The topological polar surface area (TPSA) is 32.8 Å². The monoisotopic (exact) mass is 366 g/mol. The van der Waals surface area contributed by atoms with Gasteiger partial charge in [0.15, 0.2) is 0 Å². The zero-order valence-corrected chi connectivity index (χ0v) is 15.9. The first-order valence-electron chi connectivity index (χ1n) is 7.81. The molecule has 130 valence electrons. The minimum Gasteiger partial charge on any atom is -0.492 e. The van der Waals surface area contributed by atoms with Crippen LogP contribution in [-0.4, -0.2) is 49.5 Å². The summed E-state index contributed by atoms with van der Waals surface area (Å²) >= 11 is 7.42. The Morgan fingerprint density at radius 1 is 1.21 bits per heavy atom. The van der Waals surface area contributed by atoms with Crippen molar-refractivity contribution in [2.75, 3.05) is 33.8 Å². The third-order valence-electron chi connectivity index (χ3n) is 3.68. The molecular formula is C18H23ClN2O2S. The van der Waals surface area contributed by atoms with Gasteiger partial charge in [0.2, 0.25) is 5.91 Å². The van der Waals surface area contributed by atoms with Crippen LogP contribution in [-0.2, 0) is 11.3 Å². The molecule has 0 radical (unpaired) electrons. The number of nitrogens with zero attached hydrogens (tertiary/aromatic N) is 2. The molecule has 24 heavy (non-hydrogen) atoms. The van der Waals surface area contributed by atoms with Crippen molar-refractivity contribution in [3.8, 4) is 5.75 Å². The van der Waals surface area contributed by atoms with Crippen molar-refractivity contribution < 1.29 is 9.53 Å². The maximum atomic E-state index is 12.3. The minimum absolute atomic E-state index is 0.0814. The van der Waals surface area contributed by atoms with Gasteiger partial charge in [-0.15, -0.1) is 11.3 Å². The summed E-state index contributed by atoms with van der Waals surface area (Å²) in [6.45, 7) is 4.22. The van der Waals surface area contributed by atoms with E-state index in [4.69, 9.17) is 16.3 Å². The van der Waals surface area contributed by atoms with Crippen molar-refractivity contribution >= 4 is 28.8 Å². The standard InChI is InChI=1S/C18H23ClN2O2S/c1-14-6-4-5-7-16(14)23-11-10-20(2)13-18(22)21(3)12-15-8-9-17(19)24-15/h4-9H,10-13H2,1-3H3. The van der Waals surface area contributed by atoms with Crippen LogP contribution in [0.25, 0.3) is 0 Å². The van der Waals surface area contributed by atoms with E-state index in [1.54, 1.807) is 4.90 Å². The Morgan fingerprint density at radius 3 is 2.62 bits per heavy atom. The summed E-state index contributed by atoms with van der Waals surface area (Å²) in [6.07, 6.45) is 0. The van der Waals surface area contributed by atoms with Crippen molar-refractivity contribution in [1.82, 2.24) is 9.80 Å². The van der Waals surface area contributed by atoms with E-state index in [-0.39, 0.29) is 5.91 Å². The third kappa shape index (κ3) is 5.82. The second kappa shape index (κ2) is 9.06. The molecule has 1 heterocycles. The van der Waals surface area contributed by atoms with Crippen molar-refractivity contribution in [3.63, 3.8) is 0 Å². The molecule has 0 saturated carbocycles. The summed E-state index contributed by atoms with van der Waals surface area (Å²) in [7, 11) is 3.74. The molecule has 0 aliphatic rings. The van der Waals surface area contributed by atoms with Gasteiger partial charge >= 0.3 is 0 Å². The highest BCUT2D eigenvalue weighted by Gasteiger charge is 2.13. The van der Waals surface area contributed by atoms with Gasteiger partial charge in [-0.3, -0.25) is 9.69 Å². The first-order valence-corrected chi connectivity index (χ1v) is 9.00. The van der Waals surface area contributed by atoms with Gasteiger partial charge in [0.1, 0.15) is 12.4 Å². The summed E-state index contributed by atoms with van der Waals surface area (Å²) < 4.78 is 6.51. The molecule has 4 nitrogen and oxygen atoms in total. The van der Waals surface area contributed by atoms with Crippen LogP contribution in [0.4, 0.5) is 0 Å². The second-order valence-corrected chi connectivity index (χ2v) is 7.61. The highest BCUT2D eigenvalue weighted by atomic mass is 35.5. The Kier molecular flexibility index (Phi) is 7.09. The quantitative estimate of drug-likeness (QED) is 0.714. The molecule has 0 spiro atoms. The lowest BCUT2D eigenvalue weighted by molar-refractivity contribution is -0.131. The average molecular weight is 367 g/mol. The molecule has 0 unspecified atom stereocenters. The normalized spacial score (nSPS) is 10.9. The molecule has 1 amide bonds. The molecule has 6 heteroatoms. The second-order valence-electron chi connectivity index (χ2n) is 5.81. The number of para-hydroxylation sites is 1. The van der Waals surface area contributed by atoms with Crippen LogP contribution in [0, 0.1) is 6.92 Å².